The van der Waals surface area contributed by atoms with Crippen molar-refractivity contribution in [1.29, 1.82) is 0 Å². The molecule has 5 nitrogen and oxygen atoms in total. The fourth-order valence-electron chi connectivity index (χ4n) is 2.20. The van der Waals surface area contributed by atoms with E-state index in [4.69, 9.17) is 4.74 Å². The first-order valence-corrected chi connectivity index (χ1v) is 10.2. The number of thioether (sulfide) groups is 1. The van der Waals surface area contributed by atoms with Crippen LogP contribution in [0.25, 0.3) is 0 Å². The maximum Gasteiger partial charge on any atom is 0.387 e. The second-order valence-corrected chi connectivity index (χ2v) is 6.40. The van der Waals surface area contributed by atoms with Crippen LogP contribution >= 0.6 is 11.8 Å². The first-order chi connectivity index (χ1) is 12.6. The molecular formula is C18H29F2N3O2S. The van der Waals surface area contributed by atoms with Crippen molar-refractivity contribution in [3.63, 3.8) is 0 Å². The van der Waals surface area contributed by atoms with Crippen LogP contribution in [0.2, 0.25) is 0 Å². The van der Waals surface area contributed by atoms with Crippen LogP contribution in [0.3, 0.4) is 0 Å². The molecule has 0 heterocycles. The molecule has 0 bridgehead atoms. The highest BCUT2D eigenvalue weighted by atomic mass is 32.2. The molecule has 1 aromatic carbocycles. The molecule has 0 aliphatic heterocycles. The van der Waals surface area contributed by atoms with Gasteiger partial charge in [-0.2, -0.15) is 20.5 Å². The second-order valence-electron chi connectivity index (χ2n) is 5.41. The Morgan fingerprint density at radius 1 is 1.19 bits per heavy atom. The van der Waals surface area contributed by atoms with E-state index in [0.29, 0.717) is 18.9 Å². The van der Waals surface area contributed by atoms with Crippen LogP contribution in [0.1, 0.15) is 32.3 Å². The quantitative estimate of drug-likeness (QED) is 0.323. The Bertz CT molecular complexity index is 545. The molecular weight excluding hydrogens is 360 g/mol. The Hall–Kier alpha value is -1.70. The van der Waals surface area contributed by atoms with Gasteiger partial charge in [-0.25, -0.2) is 4.99 Å². The van der Waals surface area contributed by atoms with Crippen LogP contribution in [-0.4, -0.2) is 44.3 Å². The van der Waals surface area contributed by atoms with Crippen molar-refractivity contribution in [2.75, 3.05) is 31.7 Å². The summed E-state index contributed by atoms with van der Waals surface area (Å²) < 4.78 is 34.8. The highest BCUT2D eigenvalue weighted by Gasteiger charge is 2.11. The van der Waals surface area contributed by atoms with Gasteiger partial charge in [-0.1, -0.05) is 6.07 Å². The normalized spacial score (nSPS) is 11.5. The summed E-state index contributed by atoms with van der Waals surface area (Å²) >= 11 is 1.85. The van der Waals surface area contributed by atoms with E-state index in [1.807, 2.05) is 18.7 Å². The molecule has 8 heteroatoms. The van der Waals surface area contributed by atoms with Gasteiger partial charge in [0, 0.05) is 13.1 Å². The lowest BCUT2D eigenvalue weighted by Gasteiger charge is -2.13. The standard InChI is InChI=1S/C18H29F2N3O2S/c1-4-21-18(22-10-6-7-11-26-3)23-13-14-8-9-15(25-17(19)20)16(12-14)24-5-2/h8-9,12,17H,4-7,10-11,13H2,1-3H3,(H2,21,22,23). The molecule has 0 spiro atoms. The molecule has 0 aliphatic rings. The number of ether oxygens (including phenoxy) is 2. The van der Waals surface area contributed by atoms with E-state index in [1.54, 1.807) is 19.1 Å². The number of alkyl halides is 2. The Morgan fingerprint density at radius 2 is 2.00 bits per heavy atom. The zero-order valence-corrected chi connectivity index (χ0v) is 16.5. The number of hydrogen-bond acceptors (Lipinski definition) is 4. The maximum absolute atomic E-state index is 12.5. The van der Waals surface area contributed by atoms with Gasteiger partial charge in [0.2, 0.25) is 0 Å². The van der Waals surface area contributed by atoms with E-state index in [2.05, 4.69) is 26.6 Å². The van der Waals surface area contributed by atoms with E-state index in [9.17, 15) is 8.78 Å². The minimum Gasteiger partial charge on any atom is -0.490 e. The van der Waals surface area contributed by atoms with E-state index < -0.39 is 6.61 Å². The Kier molecular flexibility index (Phi) is 11.6. The number of guanidine groups is 1. The van der Waals surface area contributed by atoms with Gasteiger partial charge in [0.15, 0.2) is 17.5 Å². The molecule has 0 radical (unpaired) electrons. The van der Waals surface area contributed by atoms with Gasteiger partial charge in [0.25, 0.3) is 0 Å². The molecule has 0 saturated heterocycles. The van der Waals surface area contributed by atoms with E-state index in [-0.39, 0.29) is 5.75 Å². The lowest BCUT2D eigenvalue weighted by molar-refractivity contribution is -0.0514. The number of nitrogens with one attached hydrogen (secondary N) is 2. The summed E-state index contributed by atoms with van der Waals surface area (Å²) in [7, 11) is 0. The smallest absolute Gasteiger partial charge is 0.387 e. The number of rotatable bonds is 12. The second kappa shape index (κ2) is 13.5. The Morgan fingerprint density at radius 3 is 2.65 bits per heavy atom. The average Bonchev–Trinajstić information content (AvgIpc) is 2.61. The van der Waals surface area contributed by atoms with Gasteiger partial charge in [-0.05, 0) is 56.4 Å². The summed E-state index contributed by atoms with van der Waals surface area (Å²) in [6.07, 6.45) is 4.35. The summed E-state index contributed by atoms with van der Waals surface area (Å²) in [5, 5.41) is 6.50. The van der Waals surface area contributed by atoms with Gasteiger partial charge >= 0.3 is 6.61 Å². The van der Waals surface area contributed by atoms with Gasteiger partial charge < -0.3 is 20.1 Å². The maximum atomic E-state index is 12.5. The molecule has 0 aliphatic carbocycles. The van der Waals surface area contributed by atoms with Gasteiger partial charge in [0.1, 0.15) is 0 Å². The minimum atomic E-state index is -2.88. The lowest BCUT2D eigenvalue weighted by atomic mass is 10.2. The lowest BCUT2D eigenvalue weighted by Crippen LogP contribution is -2.37. The largest absolute Gasteiger partial charge is 0.490 e. The number of aliphatic imine (C=N–C) groups is 1. The molecule has 26 heavy (non-hydrogen) atoms. The van der Waals surface area contributed by atoms with Gasteiger partial charge in [-0.15, -0.1) is 0 Å². The Balaban J connectivity index is 2.70. The van der Waals surface area contributed by atoms with Crippen LogP contribution in [-0.2, 0) is 6.54 Å². The van der Waals surface area contributed by atoms with Crippen LogP contribution in [0.4, 0.5) is 8.78 Å². The average molecular weight is 390 g/mol. The van der Waals surface area contributed by atoms with Crippen molar-refractivity contribution in [2.45, 2.75) is 39.8 Å². The van der Waals surface area contributed by atoms with Crippen molar-refractivity contribution >= 4 is 17.7 Å². The number of benzene rings is 1. The molecule has 1 rings (SSSR count). The summed E-state index contributed by atoms with van der Waals surface area (Å²) in [6, 6.07) is 4.89. The monoisotopic (exact) mass is 389 g/mol. The van der Waals surface area contributed by atoms with Crippen molar-refractivity contribution in [3.8, 4) is 11.5 Å². The predicted molar refractivity (Wildman–Crippen MR) is 105 cm³/mol. The Labute approximate surface area is 158 Å². The third-order valence-corrected chi connectivity index (χ3v) is 4.05. The van der Waals surface area contributed by atoms with Crippen molar-refractivity contribution < 1.29 is 18.3 Å². The van der Waals surface area contributed by atoms with E-state index in [0.717, 1.165) is 43.2 Å². The van der Waals surface area contributed by atoms with Crippen LogP contribution < -0.4 is 20.1 Å². The summed E-state index contributed by atoms with van der Waals surface area (Å²) in [4.78, 5) is 4.54. The highest BCUT2D eigenvalue weighted by Crippen LogP contribution is 2.30. The molecule has 2 N–H and O–H groups in total. The molecule has 0 unspecified atom stereocenters. The third kappa shape index (κ3) is 9.12. The fraction of sp³-hybridized carbons (Fsp3) is 0.611. The van der Waals surface area contributed by atoms with Crippen LogP contribution in [0, 0.1) is 0 Å². The SMILES string of the molecule is CCNC(=NCc1ccc(OC(F)F)c(OCC)c1)NCCCCSC. The van der Waals surface area contributed by atoms with Crippen LogP contribution in [0.5, 0.6) is 11.5 Å². The number of halogens is 2. The van der Waals surface area contributed by atoms with E-state index in [1.165, 1.54) is 6.07 Å². The molecule has 1 aromatic rings. The molecule has 0 aromatic heterocycles. The van der Waals surface area contributed by atoms with Gasteiger partial charge in [0.05, 0.1) is 13.2 Å². The number of hydrogen-bond donors (Lipinski definition) is 2. The number of unbranched alkanes of at least 4 members (excludes halogenated alkanes) is 1. The first-order valence-electron chi connectivity index (χ1n) is 8.82. The fourth-order valence-corrected chi connectivity index (χ4v) is 2.70. The zero-order valence-electron chi connectivity index (χ0n) is 15.7. The zero-order chi connectivity index (χ0) is 19.2. The van der Waals surface area contributed by atoms with Crippen LogP contribution in [0.15, 0.2) is 23.2 Å². The summed E-state index contributed by atoms with van der Waals surface area (Å²) in [5.41, 5.74) is 0.856. The third-order valence-electron chi connectivity index (χ3n) is 3.36. The molecule has 0 amide bonds. The predicted octanol–water partition coefficient (Wildman–Crippen LogP) is 3.89. The molecule has 0 atom stereocenters. The molecule has 148 valence electrons. The van der Waals surface area contributed by atoms with Crippen molar-refractivity contribution in [1.82, 2.24) is 10.6 Å². The van der Waals surface area contributed by atoms with Crippen molar-refractivity contribution in [3.05, 3.63) is 23.8 Å². The summed E-state index contributed by atoms with van der Waals surface area (Å²) in [6.45, 7) is 3.32. The highest BCUT2D eigenvalue weighted by molar-refractivity contribution is 7.98. The van der Waals surface area contributed by atoms with Gasteiger partial charge in [-0.3, -0.25) is 0 Å². The summed E-state index contributed by atoms with van der Waals surface area (Å²) in [5.74, 6) is 2.23. The first kappa shape index (κ1) is 22.3. The van der Waals surface area contributed by atoms with E-state index >= 15 is 0 Å². The minimum absolute atomic E-state index is 0.0356. The number of nitrogens with zero attached hydrogens (tertiary/aromatic N) is 1. The van der Waals surface area contributed by atoms with Crippen molar-refractivity contribution in [2.24, 2.45) is 4.99 Å². The molecule has 0 saturated carbocycles. The molecule has 0 fully saturated rings. The topological polar surface area (TPSA) is 54.9 Å².